The van der Waals surface area contributed by atoms with Gasteiger partial charge in [0.15, 0.2) is 0 Å². The van der Waals surface area contributed by atoms with Crippen molar-refractivity contribution >= 4 is 37.5 Å². The van der Waals surface area contributed by atoms with E-state index in [1.54, 1.807) is 0 Å². The standard InChI is InChI=1S/C14H16Cl2S/c15-14(16)17(13-10-6-3-7-11-13)12-8-4-1-2-5-9-12/h3,6-8,10-11H,1-2,4-5,9H2. The molecule has 0 bridgehead atoms. The van der Waals surface area contributed by atoms with Gasteiger partial charge in [0.1, 0.15) is 3.78 Å². The Morgan fingerprint density at radius 1 is 1.00 bits per heavy atom. The van der Waals surface area contributed by atoms with Crippen LogP contribution in [0.1, 0.15) is 32.1 Å². The normalized spacial score (nSPS) is 18.1. The van der Waals surface area contributed by atoms with Gasteiger partial charge in [0.05, 0.1) is 0 Å². The van der Waals surface area contributed by atoms with Gasteiger partial charge < -0.3 is 0 Å². The van der Waals surface area contributed by atoms with E-state index in [1.165, 1.54) is 29.1 Å². The van der Waals surface area contributed by atoms with Crippen molar-refractivity contribution in [3.8, 4) is 0 Å². The van der Waals surface area contributed by atoms with Crippen LogP contribution < -0.4 is 0 Å². The van der Waals surface area contributed by atoms with Crippen LogP contribution in [0.15, 0.2) is 46.2 Å². The first-order valence-electron chi connectivity index (χ1n) is 5.95. The van der Waals surface area contributed by atoms with Crippen LogP contribution in [0.5, 0.6) is 0 Å². The lowest BCUT2D eigenvalue weighted by Gasteiger charge is -2.13. The van der Waals surface area contributed by atoms with E-state index in [4.69, 9.17) is 23.2 Å². The van der Waals surface area contributed by atoms with Gasteiger partial charge in [0.2, 0.25) is 0 Å². The lowest BCUT2D eigenvalue weighted by Crippen LogP contribution is -1.86. The van der Waals surface area contributed by atoms with E-state index in [9.17, 15) is 0 Å². The molecule has 0 heterocycles. The molecule has 1 unspecified atom stereocenters. The van der Waals surface area contributed by atoms with Crippen LogP contribution in [0.4, 0.5) is 0 Å². The van der Waals surface area contributed by atoms with E-state index < -0.39 is 0 Å². The lowest BCUT2D eigenvalue weighted by atomic mass is 10.2. The van der Waals surface area contributed by atoms with Crippen molar-refractivity contribution in [3.05, 3.63) is 41.3 Å². The average Bonchev–Trinajstić information content (AvgIpc) is 2.59. The zero-order valence-electron chi connectivity index (χ0n) is 9.66. The van der Waals surface area contributed by atoms with Gasteiger partial charge in [-0.3, -0.25) is 0 Å². The Balaban J connectivity index is 2.37. The number of halogens is 2. The number of hydrogen-bond acceptors (Lipinski definition) is 0. The first-order valence-corrected chi connectivity index (χ1v) is 7.93. The van der Waals surface area contributed by atoms with Gasteiger partial charge in [0.25, 0.3) is 0 Å². The first kappa shape index (κ1) is 13.2. The number of rotatable bonds is 2. The third-order valence-corrected chi connectivity index (χ3v) is 5.77. The highest BCUT2D eigenvalue weighted by Crippen LogP contribution is 2.42. The molecule has 0 saturated carbocycles. The minimum Gasteiger partial charge on any atom is -0.0977 e. The van der Waals surface area contributed by atoms with Gasteiger partial charge in [-0.25, -0.2) is 0 Å². The zero-order chi connectivity index (χ0) is 12.1. The third-order valence-electron chi connectivity index (χ3n) is 2.89. The Morgan fingerprint density at radius 2 is 1.76 bits per heavy atom. The summed E-state index contributed by atoms with van der Waals surface area (Å²) in [5.74, 6) is 0. The predicted molar refractivity (Wildman–Crippen MR) is 80.2 cm³/mol. The molecule has 92 valence electrons. The van der Waals surface area contributed by atoms with Crippen molar-refractivity contribution in [3.63, 3.8) is 0 Å². The molecular weight excluding hydrogens is 271 g/mol. The molecule has 0 radical (unpaired) electrons. The smallest absolute Gasteiger partial charge is 0.0977 e. The first-order chi connectivity index (χ1) is 8.29. The summed E-state index contributed by atoms with van der Waals surface area (Å²) in [6.07, 6.45) is 8.48. The number of hydrogen-bond donors (Lipinski definition) is 0. The molecule has 0 amide bonds. The molecule has 1 aliphatic carbocycles. The third kappa shape index (κ3) is 3.61. The Bertz CT molecular complexity index is 431. The SMILES string of the molecule is ClC(Cl)=S(C1=CCCCCC1)c1ccccc1. The Morgan fingerprint density at radius 3 is 2.47 bits per heavy atom. The summed E-state index contributed by atoms with van der Waals surface area (Å²) < 4.78 is 0.490. The second kappa shape index (κ2) is 6.63. The minimum atomic E-state index is -0.228. The molecular formula is C14H16Cl2S. The average molecular weight is 287 g/mol. The second-order valence-corrected chi connectivity index (χ2v) is 7.53. The Labute approximate surface area is 116 Å². The summed E-state index contributed by atoms with van der Waals surface area (Å²) >= 11 is 12.2. The summed E-state index contributed by atoms with van der Waals surface area (Å²) in [6.45, 7) is 0. The highest BCUT2D eigenvalue weighted by molar-refractivity contribution is 8.22. The topological polar surface area (TPSA) is 0 Å². The molecule has 1 aliphatic rings. The molecule has 0 N–H and O–H groups in total. The van der Waals surface area contributed by atoms with E-state index in [2.05, 4.69) is 18.2 Å². The summed E-state index contributed by atoms with van der Waals surface area (Å²) in [5.41, 5.74) is 0. The van der Waals surface area contributed by atoms with Crippen LogP contribution in [0.3, 0.4) is 0 Å². The van der Waals surface area contributed by atoms with E-state index >= 15 is 0 Å². The van der Waals surface area contributed by atoms with Gasteiger partial charge in [-0.05, 0) is 42.7 Å². The van der Waals surface area contributed by atoms with Crippen LogP contribution in [0.2, 0.25) is 0 Å². The maximum Gasteiger partial charge on any atom is 0.139 e. The van der Waals surface area contributed by atoms with Crippen molar-refractivity contribution in [1.82, 2.24) is 0 Å². The van der Waals surface area contributed by atoms with Gasteiger partial charge in [-0.2, -0.15) is 0 Å². The molecule has 3 heteroatoms. The van der Waals surface area contributed by atoms with Gasteiger partial charge in [-0.1, -0.05) is 64.4 Å². The fourth-order valence-electron chi connectivity index (χ4n) is 2.07. The van der Waals surface area contributed by atoms with Crippen LogP contribution >= 0.6 is 33.7 Å². The second-order valence-electron chi connectivity index (χ2n) is 4.11. The van der Waals surface area contributed by atoms with Crippen LogP contribution in [0.25, 0.3) is 0 Å². The highest BCUT2D eigenvalue weighted by Gasteiger charge is 2.12. The van der Waals surface area contributed by atoms with Crippen molar-refractivity contribution in [2.75, 3.05) is 0 Å². The molecule has 2 rings (SSSR count). The van der Waals surface area contributed by atoms with Crippen molar-refractivity contribution < 1.29 is 0 Å². The monoisotopic (exact) mass is 286 g/mol. The van der Waals surface area contributed by atoms with Gasteiger partial charge in [-0.15, -0.1) is 0 Å². The van der Waals surface area contributed by atoms with Crippen molar-refractivity contribution in [2.45, 2.75) is 37.0 Å². The predicted octanol–water partition coefficient (Wildman–Crippen LogP) is 5.73. The van der Waals surface area contributed by atoms with E-state index in [0.717, 1.165) is 12.8 Å². The molecule has 1 aromatic rings. The highest BCUT2D eigenvalue weighted by atomic mass is 35.5. The molecule has 0 spiro atoms. The summed E-state index contributed by atoms with van der Waals surface area (Å²) in [7, 11) is -0.228. The fourth-order valence-corrected chi connectivity index (χ4v) is 4.94. The van der Waals surface area contributed by atoms with Crippen molar-refractivity contribution in [1.29, 1.82) is 0 Å². The Kier molecular flexibility index (Phi) is 5.15. The Hall–Kier alpha value is -0.240. The van der Waals surface area contributed by atoms with E-state index in [1.807, 2.05) is 18.2 Å². The maximum absolute atomic E-state index is 6.12. The van der Waals surface area contributed by atoms with Crippen LogP contribution in [0, 0.1) is 0 Å². The minimum absolute atomic E-state index is 0.228. The molecule has 0 nitrogen and oxygen atoms in total. The summed E-state index contributed by atoms with van der Waals surface area (Å²) in [6, 6.07) is 10.3. The maximum atomic E-state index is 6.12. The van der Waals surface area contributed by atoms with Crippen molar-refractivity contribution in [2.24, 2.45) is 0 Å². The number of allylic oxidation sites excluding steroid dienone is 2. The number of benzene rings is 1. The largest absolute Gasteiger partial charge is 0.139 e. The summed E-state index contributed by atoms with van der Waals surface area (Å²) in [4.78, 5) is 2.63. The van der Waals surface area contributed by atoms with Crippen LogP contribution in [-0.2, 0) is 0 Å². The van der Waals surface area contributed by atoms with Crippen LogP contribution in [-0.4, -0.2) is 3.78 Å². The quantitative estimate of drug-likeness (QED) is 0.481. The molecule has 17 heavy (non-hydrogen) atoms. The fraction of sp³-hybridized carbons (Fsp3) is 0.357. The molecule has 1 aromatic carbocycles. The molecule has 0 aliphatic heterocycles. The summed E-state index contributed by atoms with van der Waals surface area (Å²) in [5, 5.41) is 0. The molecule has 0 fully saturated rings. The molecule has 0 saturated heterocycles. The van der Waals surface area contributed by atoms with E-state index in [-0.39, 0.29) is 10.5 Å². The lowest BCUT2D eigenvalue weighted by molar-refractivity contribution is 0.716. The molecule has 1 atom stereocenters. The van der Waals surface area contributed by atoms with Gasteiger partial charge in [0, 0.05) is 4.90 Å². The molecule has 0 aromatic heterocycles. The van der Waals surface area contributed by atoms with E-state index in [0.29, 0.717) is 3.78 Å². The zero-order valence-corrected chi connectivity index (χ0v) is 12.0. The van der Waals surface area contributed by atoms with Gasteiger partial charge >= 0.3 is 0 Å².